The smallest absolute Gasteiger partial charge is 0.162 e. The van der Waals surface area contributed by atoms with Crippen molar-refractivity contribution in [3.05, 3.63) is 83.4 Å². The zero-order chi connectivity index (χ0) is 24.6. The number of ether oxygens (including phenoxy) is 1. The molecule has 0 bridgehead atoms. The molecule has 0 atom stereocenters. The number of unbranched alkanes of at least 4 members (excludes halogenated alkanes) is 9. The molecule has 0 amide bonds. The summed E-state index contributed by atoms with van der Waals surface area (Å²) in [6.07, 6.45) is 21.7. The molecule has 1 aliphatic rings. The van der Waals surface area contributed by atoms with Gasteiger partial charge in [-0.3, -0.25) is 0 Å². The Hall–Kier alpha value is -2.00. The van der Waals surface area contributed by atoms with Crippen molar-refractivity contribution in [2.75, 3.05) is 6.61 Å². The van der Waals surface area contributed by atoms with Crippen molar-refractivity contribution in [3.8, 4) is 0 Å². The Morgan fingerprint density at radius 3 is 2.09 bits per heavy atom. The normalized spacial score (nSPS) is 18.3. The topological polar surface area (TPSA) is 9.23 Å². The van der Waals surface area contributed by atoms with E-state index in [0.29, 0.717) is 11.5 Å². The van der Waals surface area contributed by atoms with E-state index in [0.717, 1.165) is 38.9 Å². The number of rotatable bonds is 16. The molecule has 35 heavy (non-hydrogen) atoms. The van der Waals surface area contributed by atoms with Gasteiger partial charge in [0.15, 0.2) is 11.6 Å². The van der Waals surface area contributed by atoms with E-state index in [1.165, 1.54) is 75.8 Å². The molecule has 0 N–H and O–H groups in total. The second-order valence-electron chi connectivity index (χ2n) is 10.2. The van der Waals surface area contributed by atoms with Crippen LogP contribution in [0.2, 0.25) is 0 Å². The van der Waals surface area contributed by atoms with Crippen LogP contribution < -0.4 is 0 Å². The molecule has 0 spiro atoms. The van der Waals surface area contributed by atoms with Crippen LogP contribution in [0.25, 0.3) is 0 Å². The van der Waals surface area contributed by atoms with Crippen LogP contribution in [-0.2, 0) is 11.3 Å². The van der Waals surface area contributed by atoms with Crippen LogP contribution in [0.4, 0.5) is 8.78 Å². The third-order valence-corrected chi connectivity index (χ3v) is 7.37. The van der Waals surface area contributed by atoms with Crippen LogP contribution in [0.5, 0.6) is 0 Å². The molecule has 3 heteroatoms. The van der Waals surface area contributed by atoms with Crippen molar-refractivity contribution in [1.29, 1.82) is 0 Å². The van der Waals surface area contributed by atoms with Crippen molar-refractivity contribution < 1.29 is 13.5 Å². The molecule has 2 aromatic rings. The van der Waals surface area contributed by atoms with Crippen LogP contribution in [0, 0.1) is 17.6 Å². The summed E-state index contributed by atoms with van der Waals surface area (Å²) in [6, 6.07) is 15.0. The lowest BCUT2D eigenvalue weighted by atomic mass is 9.78. The molecule has 192 valence electrons. The molecule has 0 aliphatic heterocycles. The van der Waals surface area contributed by atoms with Crippen molar-refractivity contribution in [3.63, 3.8) is 0 Å². The molecule has 1 nitrogen and oxygen atoms in total. The first-order chi connectivity index (χ1) is 17.2. The maximum absolute atomic E-state index is 14.0. The van der Waals surface area contributed by atoms with Crippen LogP contribution in [0.1, 0.15) is 107 Å². The number of hydrogen-bond donors (Lipinski definition) is 0. The lowest BCUT2D eigenvalue weighted by Gasteiger charge is -2.27. The first-order valence-corrected chi connectivity index (χ1v) is 14.0. The number of hydrogen-bond acceptors (Lipinski definition) is 1. The Morgan fingerprint density at radius 2 is 1.37 bits per heavy atom. The zero-order valence-electron chi connectivity index (χ0n) is 21.4. The third kappa shape index (κ3) is 10.7. The molecular formula is C32H44F2O. The van der Waals surface area contributed by atoms with Gasteiger partial charge >= 0.3 is 0 Å². The van der Waals surface area contributed by atoms with E-state index in [1.54, 1.807) is 12.1 Å². The lowest BCUT2D eigenvalue weighted by Crippen LogP contribution is -2.13. The minimum absolute atomic E-state index is 0.170. The predicted octanol–water partition coefficient (Wildman–Crippen LogP) is 9.91. The van der Waals surface area contributed by atoms with E-state index >= 15 is 0 Å². The molecule has 1 fully saturated rings. The molecule has 0 saturated heterocycles. The van der Waals surface area contributed by atoms with Gasteiger partial charge in [-0.05, 0) is 74.0 Å². The molecule has 0 aromatic heterocycles. The van der Waals surface area contributed by atoms with E-state index < -0.39 is 11.6 Å². The van der Waals surface area contributed by atoms with E-state index in [1.807, 2.05) is 6.07 Å². The first kappa shape index (κ1) is 27.6. The van der Waals surface area contributed by atoms with Crippen LogP contribution >= 0.6 is 0 Å². The zero-order valence-corrected chi connectivity index (χ0v) is 21.4. The van der Waals surface area contributed by atoms with Crippen LogP contribution in [-0.4, -0.2) is 6.61 Å². The summed E-state index contributed by atoms with van der Waals surface area (Å²) in [7, 11) is 0. The summed E-state index contributed by atoms with van der Waals surface area (Å²) >= 11 is 0. The Labute approximate surface area is 212 Å². The maximum Gasteiger partial charge on any atom is 0.162 e. The molecule has 1 aliphatic carbocycles. The molecule has 0 radical (unpaired) electrons. The summed E-state index contributed by atoms with van der Waals surface area (Å²) in [4.78, 5) is 0. The minimum atomic E-state index is -0.718. The fourth-order valence-electron chi connectivity index (χ4n) is 5.22. The van der Waals surface area contributed by atoms with Gasteiger partial charge in [-0.15, -0.1) is 0 Å². The largest absolute Gasteiger partial charge is 0.377 e. The summed E-state index contributed by atoms with van der Waals surface area (Å²) in [6.45, 7) is 1.60. The van der Waals surface area contributed by atoms with Crippen LogP contribution in [0.15, 0.2) is 60.7 Å². The Morgan fingerprint density at radius 1 is 0.714 bits per heavy atom. The average molecular weight is 483 g/mol. The quantitative estimate of drug-likeness (QED) is 0.171. The highest BCUT2D eigenvalue weighted by atomic mass is 19.2. The average Bonchev–Trinajstić information content (AvgIpc) is 2.89. The van der Waals surface area contributed by atoms with Gasteiger partial charge in [0.05, 0.1) is 6.61 Å². The van der Waals surface area contributed by atoms with Gasteiger partial charge in [-0.2, -0.15) is 0 Å². The fraction of sp³-hybridized carbons (Fsp3) is 0.562. The van der Waals surface area contributed by atoms with Gasteiger partial charge in [0, 0.05) is 6.61 Å². The summed E-state index contributed by atoms with van der Waals surface area (Å²) < 4.78 is 33.3. The van der Waals surface area contributed by atoms with Crippen LogP contribution in [0.3, 0.4) is 0 Å². The predicted molar refractivity (Wildman–Crippen MR) is 142 cm³/mol. The molecule has 0 unspecified atom stereocenters. The number of benzene rings is 2. The van der Waals surface area contributed by atoms with Crippen molar-refractivity contribution >= 4 is 0 Å². The van der Waals surface area contributed by atoms with Gasteiger partial charge < -0.3 is 4.74 Å². The molecule has 1 saturated carbocycles. The van der Waals surface area contributed by atoms with Gasteiger partial charge in [0.25, 0.3) is 0 Å². The first-order valence-electron chi connectivity index (χ1n) is 14.0. The summed E-state index contributed by atoms with van der Waals surface area (Å²) in [5.41, 5.74) is 1.82. The third-order valence-electron chi connectivity index (χ3n) is 7.37. The van der Waals surface area contributed by atoms with E-state index in [-0.39, 0.29) is 5.92 Å². The van der Waals surface area contributed by atoms with E-state index in [9.17, 15) is 8.78 Å². The van der Waals surface area contributed by atoms with Gasteiger partial charge in [0.2, 0.25) is 0 Å². The Kier molecular flexibility index (Phi) is 13.1. The molecule has 3 rings (SSSR count). The highest BCUT2D eigenvalue weighted by Gasteiger charge is 2.24. The van der Waals surface area contributed by atoms with E-state index in [4.69, 9.17) is 4.74 Å². The molecule has 2 aromatic carbocycles. The van der Waals surface area contributed by atoms with Crippen molar-refractivity contribution in [2.45, 2.75) is 102 Å². The minimum Gasteiger partial charge on any atom is -0.377 e. The SMILES string of the molecule is Fc1cccc([C@H]2CC[C@H](C=CCCCCCCCCCCCOCc3ccccc3)CC2)c1F. The summed E-state index contributed by atoms with van der Waals surface area (Å²) in [5.74, 6) is -0.588. The second-order valence-corrected chi connectivity index (χ2v) is 10.2. The second kappa shape index (κ2) is 16.6. The summed E-state index contributed by atoms with van der Waals surface area (Å²) in [5, 5.41) is 0. The highest BCUT2D eigenvalue weighted by molar-refractivity contribution is 5.23. The maximum atomic E-state index is 14.0. The van der Waals surface area contributed by atoms with Gasteiger partial charge in [-0.1, -0.05) is 99.6 Å². The number of allylic oxidation sites excluding steroid dienone is 2. The van der Waals surface area contributed by atoms with Gasteiger partial charge in [0.1, 0.15) is 0 Å². The highest BCUT2D eigenvalue weighted by Crippen LogP contribution is 2.37. The lowest BCUT2D eigenvalue weighted by molar-refractivity contribution is 0.116. The van der Waals surface area contributed by atoms with Crippen molar-refractivity contribution in [1.82, 2.24) is 0 Å². The van der Waals surface area contributed by atoms with Gasteiger partial charge in [-0.25, -0.2) is 8.78 Å². The fourth-order valence-corrected chi connectivity index (χ4v) is 5.22. The molecule has 0 heterocycles. The molecular weight excluding hydrogens is 438 g/mol. The standard InChI is InChI=1S/C32H44F2O/c33-31-20-15-19-30(32(31)34)29-23-21-27(22-24-29)16-11-8-6-4-2-1-3-5-7-9-14-25-35-26-28-17-12-10-13-18-28/h10-13,15-20,27,29H,1-9,14,21-26H2/t27-,29-. The Balaban J connectivity index is 1.09. The van der Waals surface area contributed by atoms with E-state index in [2.05, 4.69) is 36.4 Å². The van der Waals surface area contributed by atoms with Crippen molar-refractivity contribution in [2.24, 2.45) is 5.92 Å². The number of halogens is 2. The monoisotopic (exact) mass is 482 g/mol. The Bertz CT molecular complexity index is 840.